The van der Waals surface area contributed by atoms with Crippen molar-refractivity contribution in [2.75, 3.05) is 0 Å². The van der Waals surface area contributed by atoms with Crippen LogP contribution in [-0.2, 0) is 11.2 Å². The summed E-state index contributed by atoms with van der Waals surface area (Å²) in [6, 6.07) is 25.6. The molecule has 0 N–H and O–H groups in total. The van der Waals surface area contributed by atoms with E-state index in [1.807, 2.05) is 6.08 Å². The highest BCUT2D eigenvalue weighted by atomic mass is 16.1. The molecule has 0 aliphatic heterocycles. The molecule has 0 amide bonds. The van der Waals surface area contributed by atoms with Crippen LogP contribution in [0.25, 0.3) is 38.7 Å². The van der Waals surface area contributed by atoms with Gasteiger partial charge in [-0.3, -0.25) is 4.79 Å². The number of allylic oxidation sites excluding steroid dienone is 1. The summed E-state index contributed by atoms with van der Waals surface area (Å²) in [4.78, 5) is 11.9. The van der Waals surface area contributed by atoms with E-state index in [1.54, 1.807) is 6.08 Å². The largest absolute Gasteiger partial charge is 0.294 e. The van der Waals surface area contributed by atoms with Crippen molar-refractivity contribution >= 4 is 33.4 Å². The first-order valence-corrected chi connectivity index (χ1v) is 8.55. The topological polar surface area (TPSA) is 17.1 Å². The van der Waals surface area contributed by atoms with Gasteiger partial charge in [-0.25, -0.2) is 0 Å². The molecule has 1 nitrogen and oxygen atoms in total. The second-order valence-electron chi connectivity index (χ2n) is 6.55. The van der Waals surface area contributed by atoms with Crippen LogP contribution in [0.4, 0.5) is 0 Å². The van der Waals surface area contributed by atoms with E-state index in [2.05, 4.69) is 72.8 Å². The van der Waals surface area contributed by atoms with E-state index in [-0.39, 0.29) is 5.78 Å². The number of carbonyl (C=O) groups is 1. The van der Waals surface area contributed by atoms with Gasteiger partial charge < -0.3 is 0 Å². The zero-order valence-electron chi connectivity index (χ0n) is 13.7. The van der Waals surface area contributed by atoms with E-state index in [1.165, 1.54) is 38.2 Å². The summed E-state index contributed by atoms with van der Waals surface area (Å²) in [6.45, 7) is 0. The first kappa shape index (κ1) is 14.2. The lowest BCUT2D eigenvalue weighted by Crippen LogP contribution is -2.07. The monoisotopic (exact) mass is 320 g/mol. The lowest BCUT2D eigenvalue weighted by molar-refractivity contribution is -0.114. The lowest BCUT2D eigenvalue weighted by atomic mass is 9.84. The fraction of sp³-hybridized carbons (Fsp3) is 0.0417. The fourth-order valence-corrected chi connectivity index (χ4v) is 3.91. The number of hydrogen-bond donors (Lipinski definition) is 0. The van der Waals surface area contributed by atoms with Crippen LogP contribution in [0.3, 0.4) is 0 Å². The second kappa shape index (κ2) is 5.42. The molecule has 0 unspecified atom stereocenters. The molecule has 0 bridgehead atoms. The van der Waals surface area contributed by atoms with Crippen molar-refractivity contribution in [3.63, 3.8) is 0 Å². The van der Waals surface area contributed by atoms with Crippen molar-refractivity contribution in [3.05, 3.63) is 90.0 Å². The SMILES string of the molecule is O=C1C=Cc2c(cc3ccccc3c2-c2cccc3ccccc23)C1. The van der Waals surface area contributed by atoms with Crippen LogP contribution in [0.2, 0.25) is 0 Å². The molecule has 118 valence electrons. The Hall–Kier alpha value is -3.19. The normalized spacial score (nSPS) is 13.4. The maximum absolute atomic E-state index is 11.9. The highest BCUT2D eigenvalue weighted by molar-refractivity contribution is 6.11. The Labute approximate surface area is 146 Å². The Morgan fingerprint density at radius 1 is 0.680 bits per heavy atom. The number of hydrogen-bond acceptors (Lipinski definition) is 1. The molecule has 0 aromatic heterocycles. The zero-order valence-corrected chi connectivity index (χ0v) is 13.7. The van der Waals surface area contributed by atoms with Gasteiger partial charge in [-0.05, 0) is 49.9 Å². The third-order valence-electron chi connectivity index (χ3n) is 5.03. The van der Waals surface area contributed by atoms with Gasteiger partial charge in [0.1, 0.15) is 0 Å². The molecule has 0 fully saturated rings. The molecule has 0 atom stereocenters. The van der Waals surface area contributed by atoms with Crippen molar-refractivity contribution in [3.8, 4) is 11.1 Å². The van der Waals surface area contributed by atoms with E-state index < -0.39 is 0 Å². The molecular formula is C24H16O. The van der Waals surface area contributed by atoms with E-state index in [4.69, 9.17) is 0 Å². The summed E-state index contributed by atoms with van der Waals surface area (Å²) in [5.41, 5.74) is 4.75. The molecule has 0 saturated carbocycles. The van der Waals surface area contributed by atoms with Gasteiger partial charge in [-0.2, -0.15) is 0 Å². The average molecular weight is 320 g/mol. The maximum atomic E-state index is 11.9. The van der Waals surface area contributed by atoms with Gasteiger partial charge in [0.05, 0.1) is 0 Å². The molecule has 0 radical (unpaired) electrons. The molecule has 0 spiro atoms. The Balaban J connectivity index is 1.96. The summed E-state index contributed by atoms with van der Waals surface area (Å²) < 4.78 is 0. The number of ketones is 1. The van der Waals surface area contributed by atoms with Crippen molar-refractivity contribution in [1.29, 1.82) is 0 Å². The van der Waals surface area contributed by atoms with Crippen LogP contribution in [0.1, 0.15) is 11.1 Å². The average Bonchev–Trinajstić information content (AvgIpc) is 2.65. The smallest absolute Gasteiger partial charge is 0.160 e. The van der Waals surface area contributed by atoms with Crippen LogP contribution in [0, 0.1) is 0 Å². The molecular weight excluding hydrogens is 304 g/mol. The number of fused-ring (bicyclic) bond motifs is 3. The first-order chi connectivity index (χ1) is 12.3. The highest BCUT2D eigenvalue weighted by Crippen LogP contribution is 2.40. The number of carbonyl (C=O) groups excluding carboxylic acids is 1. The maximum Gasteiger partial charge on any atom is 0.160 e. The zero-order chi connectivity index (χ0) is 16.8. The van der Waals surface area contributed by atoms with Gasteiger partial charge in [-0.1, -0.05) is 78.9 Å². The van der Waals surface area contributed by atoms with Crippen molar-refractivity contribution in [1.82, 2.24) is 0 Å². The van der Waals surface area contributed by atoms with Crippen LogP contribution in [-0.4, -0.2) is 5.78 Å². The molecule has 4 aromatic carbocycles. The molecule has 4 aromatic rings. The summed E-state index contributed by atoms with van der Waals surface area (Å²) in [5, 5.41) is 4.90. The molecule has 1 heteroatoms. The summed E-state index contributed by atoms with van der Waals surface area (Å²) >= 11 is 0. The van der Waals surface area contributed by atoms with Crippen LogP contribution in [0.15, 0.2) is 78.9 Å². The quantitative estimate of drug-likeness (QED) is 0.433. The van der Waals surface area contributed by atoms with Crippen LogP contribution in [0.5, 0.6) is 0 Å². The third-order valence-corrected chi connectivity index (χ3v) is 5.03. The number of rotatable bonds is 1. The summed E-state index contributed by atoms with van der Waals surface area (Å²) in [5.74, 6) is 0.173. The lowest BCUT2D eigenvalue weighted by Gasteiger charge is -2.19. The fourth-order valence-electron chi connectivity index (χ4n) is 3.91. The van der Waals surface area contributed by atoms with E-state index in [0.29, 0.717) is 6.42 Å². The Morgan fingerprint density at radius 2 is 1.40 bits per heavy atom. The van der Waals surface area contributed by atoms with Gasteiger partial charge in [0.15, 0.2) is 5.78 Å². The minimum atomic E-state index is 0.173. The summed E-state index contributed by atoms with van der Waals surface area (Å²) in [7, 11) is 0. The molecule has 1 aliphatic rings. The molecule has 0 heterocycles. The predicted molar refractivity (Wildman–Crippen MR) is 105 cm³/mol. The standard InChI is InChI=1S/C24H16O/c25-19-12-13-22-18(15-19)14-17-7-2-4-10-21(17)24(22)23-11-5-8-16-6-1-3-9-20(16)23/h1-14H,15H2. The highest BCUT2D eigenvalue weighted by Gasteiger charge is 2.19. The third kappa shape index (κ3) is 2.20. The molecule has 5 rings (SSSR count). The number of benzene rings is 4. The van der Waals surface area contributed by atoms with Gasteiger partial charge >= 0.3 is 0 Å². The van der Waals surface area contributed by atoms with Gasteiger partial charge in [0.25, 0.3) is 0 Å². The minimum Gasteiger partial charge on any atom is -0.294 e. The molecule has 25 heavy (non-hydrogen) atoms. The van der Waals surface area contributed by atoms with E-state index in [0.717, 1.165) is 5.56 Å². The van der Waals surface area contributed by atoms with Crippen molar-refractivity contribution < 1.29 is 4.79 Å². The Kier molecular flexibility index (Phi) is 3.07. The summed E-state index contributed by atoms with van der Waals surface area (Å²) in [6.07, 6.45) is 4.19. The van der Waals surface area contributed by atoms with Gasteiger partial charge in [-0.15, -0.1) is 0 Å². The minimum absolute atomic E-state index is 0.173. The predicted octanol–water partition coefficient (Wildman–Crippen LogP) is 5.80. The Bertz CT molecular complexity index is 1180. The van der Waals surface area contributed by atoms with Gasteiger partial charge in [0.2, 0.25) is 0 Å². The second-order valence-corrected chi connectivity index (χ2v) is 6.55. The van der Waals surface area contributed by atoms with Crippen molar-refractivity contribution in [2.45, 2.75) is 6.42 Å². The van der Waals surface area contributed by atoms with Crippen molar-refractivity contribution in [2.24, 2.45) is 0 Å². The molecule has 0 saturated heterocycles. The first-order valence-electron chi connectivity index (χ1n) is 8.55. The van der Waals surface area contributed by atoms with Crippen LogP contribution >= 0.6 is 0 Å². The van der Waals surface area contributed by atoms with Crippen LogP contribution < -0.4 is 0 Å². The molecule has 1 aliphatic carbocycles. The van der Waals surface area contributed by atoms with E-state index >= 15 is 0 Å². The Morgan fingerprint density at radius 3 is 2.28 bits per heavy atom. The van der Waals surface area contributed by atoms with E-state index in [9.17, 15) is 4.79 Å². The van der Waals surface area contributed by atoms with Gasteiger partial charge in [0, 0.05) is 6.42 Å².